The summed E-state index contributed by atoms with van der Waals surface area (Å²) in [6.07, 6.45) is 0.766. The Hall–Kier alpha value is -1.19. The predicted molar refractivity (Wildman–Crippen MR) is 53.1 cm³/mol. The third-order valence-corrected chi connectivity index (χ3v) is 2.99. The highest BCUT2D eigenvalue weighted by Crippen LogP contribution is 2.30. The van der Waals surface area contributed by atoms with Gasteiger partial charge in [-0.15, -0.1) is 0 Å². The minimum atomic E-state index is -0.752. The SMILES string of the molecule is CCC1C(=O)CC(C)C(C(=O)OC)C1=O. The maximum atomic E-state index is 11.9. The van der Waals surface area contributed by atoms with E-state index in [4.69, 9.17) is 0 Å². The Morgan fingerprint density at radius 3 is 2.53 bits per heavy atom. The van der Waals surface area contributed by atoms with Crippen LogP contribution in [0, 0.1) is 17.8 Å². The van der Waals surface area contributed by atoms with Crippen molar-refractivity contribution >= 4 is 17.5 Å². The fourth-order valence-corrected chi connectivity index (χ4v) is 2.14. The van der Waals surface area contributed by atoms with Gasteiger partial charge in [-0.2, -0.15) is 0 Å². The van der Waals surface area contributed by atoms with Crippen LogP contribution in [0.3, 0.4) is 0 Å². The monoisotopic (exact) mass is 212 g/mol. The van der Waals surface area contributed by atoms with Gasteiger partial charge in [-0.1, -0.05) is 13.8 Å². The number of esters is 1. The van der Waals surface area contributed by atoms with Gasteiger partial charge in [0.15, 0.2) is 5.78 Å². The van der Waals surface area contributed by atoms with E-state index in [1.807, 2.05) is 0 Å². The number of carbonyl (C=O) groups is 3. The van der Waals surface area contributed by atoms with E-state index in [0.29, 0.717) is 12.8 Å². The number of ether oxygens (including phenoxy) is 1. The van der Waals surface area contributed by atoms with Gasteiger partial charge in [0, 0.05) is 6.42 Å². The fourth-order valence-electron chi connectivity index (χ4n) is 2.14. The summed E-state index contributed by atoms with van der Waals surface area (Å²) in [5.74, 6) is -2.43. The Kier molecular flexibility index (Phi) is 3.61. The van der Waals surface area contributed by atoms with Gasteiger partial charge in [-0.25, -0.2) is 0 Å². The predicted octanol–water partition coefficient (Wildman–Crippen LogP) is 0.980. The Bertz CT molecular complexity index is 295. The van der Waals surface area contributed by atoms with Crippen molar-refractivity contribution in [2.75, 3.05) is 7.11 Å². The first-order valence-electron chi connectivity index (χ1n) is 5.17. The Morgan fingerprint density at radius 1 is 1.47 bits per heavy atom. The van der Waals surface area contributed by atoms with Crippen molar-refractivity contribution in [3.63, 3.8) is 0 Å². The zero-order chi connectivity index (χ0) is 11.6. The number of methoxy groups -OCH3 is 1. The van der Waals surface area contributed by atoms with Gasteiger partial charge >= 0.3 is 5.97 Å². The normalized spacial score (nSPS) is 31.5. The van der Waals surface area contributed by atoms with Gasteiger partial charge in [0.25, 0.3) is 0 Å². The van der Waals surface area contributed by atoms with Crippen molar-refractivity contribution in [2.24, 2.45) is 17.8 Å². The van der Waals surface area contributed by atoms with Crippen LogP contribution in [0.25, 0.3) is 0 Å². The average molecular weight is 212 g/mol. The molecule has 0 heterocycles. The molecule has 4 heteroatoms. The molecule has 0 aromatic carbocycles. The highest BCUT2D eigenvalue weighted by atomic mass is 16.5. The van der Waals surface area contributed by atoms with Crippen LogP contribution in [0.2, 0.25) is 0 Å². The van der Waals surface area contributed by atoms with Gasteiger partial charge in [0.05, 0.1) is 13.0 Å². The van der Waals surface area contributed by atoms with Gasteiger partial charge in [0.2, 0.25) is 0 Å². The van der Waals surface area contributed by atoms with Gasteiger partial charge in [-0.05, 0) is 12.3 Å². The maximum Gasteiger partial charge on any atom is 0.316 e. The maximum absolute atomic E-state index is 11.9. The third kappa shape index (κ3) is 2.08. The molecule has 0 saturated heterocycles. The van der Waals surface area contributed by atoms with E-state index in [1.54, 1.807) is 13.8 Å². The molecule has 0 spiro atoms. The summed E-state index contributed by atoms with van der Waals surface area (Å²) in [6, 6.07) is 0. The lowest BCUT2D eigenvalue weighted by atomic mass is 9.72. The third-order valence-electron chi connectivity index (χ3n) is 2.99. The molecular formula is C11H16O4. The summed E-state index contributed by atoms with van der Waals surface area (Å²) in [5.41, 5.74) is 0. The van der Waals surface area contributed by atoms with Crippen LogP contribution in [0.4, 0.5) is 0 Å². The fraction of sp³-hybridized carbons (Fsp3) is 0.727. The number of hydrogen-bond donors (Lipinski definition) is 0. The molecular weight excluding hydrogens is 196 g/mol. The largest absolute Gasteiger partial charge is 0.468 e. The molecule has 1 aliphatic carbocycles. The molecule has 4 nitrogen and oxygen atoms in total. The molecule has 1 saturated carbocycles. The molecule has 1 aliphatic rings. The number of hydrogen-bond acceptors (Lipinski definition) is 4. The van der Waals surface area contributed by atoms with E-state index in [1.165, 1.54) is 7.11 Å². The van der Waals surface area contributed by atoms with Crippen molar-refractivity contribution in [1.29, 1.82) is 0 Å². The lowest BCUT2D eigenvalue weighted by molar-refractivity contribution is -0.156. The molecule has 3 atom stereocenters. The molecule has 0 aliphatic heterocycles. The standard InChI is InChI=1S/C11H16O4/c1-4-7-8(12)5-6(2)9(10(7)13)11(14)15-3/h6-7,9H,4-5H2,1-3H3. The summed E-state index contributed by atoms with van der Waals surface area (Å²) in [5, 5.41) is 0. The molecule has 0 aromatic rings. The van der Waals surface area contributed by atoms with Crippen LogP contribution in [-0.4, -0.2) is 24.6 Å². The summed E-state index contributed by atoms with van der Waals surface area (Å²) in [7, 11) is 1.26. The molecule has 0 amide bonds. The van der Waals surface area contributed by atoms with Crippen LogP contribution >= 0.6 is 0 Å². The summed E-state index contributed by atoms with van der Waals surface area (Å²) in [6.45, 7) is 3.52. The highest BCUT2D eigenvalue weighted by Gasteiger charge is 2.44. The molecule has 0 radical (unpaired) electrons. The highest BCUT2D eigenvalue weighted by molar-refractivity contribution is 6.12. The van der Waals surface area contributed by atoms with Crippen molar-refractivity contribution < 1.29 is 19.1 Å². The average Bonchev–Trinajstić information content (AvgIpc) is 2.17. The van der Waals surface area contributed by atoms with Crippen molar-refractivity contribution in [2.45, 2.75) is 26.7 Å². The molecule has 1 fully saturated rings. The molecule has 0 bridgehead atoms. The lowest BCUT2D eigenvalue weighted by Gasteiger charge is -2.29. The Balaban J connectivity index is 2.92. The smallest absolute Gasteiger partial charge is 0.316 e. The van der Waals surface area contributed by atoms with E-state index in [-0.39, 0.29) is 17.5 Å². The second kappa shape index (κ2) is 4.55. The Morgan fingerprint density at radius 2 is 2.07 bits per heavy atom. The number of Topliss-reactive ketones (excluding diaryl/α,β-unsaturated/α-hetero) is 2. The summed E-state index contributed by atoms with van der Waals surface area (Å²) < 4.78 is 4.59. The van der Waals surface area contributed by atoms with E-state index in [9.17, 15) is 14.4 Å². The minimum absolute atomic E-state index is 0.0462. The second-order valence-corrected chi connectivity index (χ2v) is 4.01. The molecule has 1 rings (SSSR count). The van der Waals surface area contributed by atoms with Crippen LogP contribution in [0.1, 0.15) is 26.7 Å². The van der Waals surface area contributed by atoms with Crippen molar-refractivity contribution in [1.82, 2.24) is 0 Å². The van der Waals surface area contributed by atoms with Crippen LogP contribution in [0.5, 0.6) is 0 Å². The molecule has 84 valence electrons. The lowest BCUT2D eigenvalue weighted by Crippen LogP contribution is -2.44. The minimum Gasteiger partial charge on any atom is -0.468 e. The van der Waals surface area contributed by atoms with E-state index < -0.39 is 17.8 Å². The quantitative estimate of drug-likeness (QED) is 0.505. The van der Waals surface area contributed by atoms with Crippen molar-refractivity contribution in [3.05, 3.63) is 0 Å². The number of carbonyl (C=O) groups excluding carboxylic acids is 3. The topological polar surface area (TPSA) is 60.4 Å². The molecule has 15 heavy (non-hydrogen) atoms. The van der Waals surface area contributed by atoms with Crippen molar-refractivity contribution in [3.8, 4) is 0 Å². The van der Waals surface area contributed by atoms with E-state index in [0.717, 1.165) is 0 Å². The van der Waals surface area contributed by atoms with Gasteiger partial charge in [-0.3, -0.25) is 14.4 Å². The van der Waals surface area contributed by atoms with Crippen LogP contribution < -0.4 is 0 Å². The van der Waals surface area contributed by atoms with Crippen LogP contribution in [-0.2, 0) is 19.1 Å². The molecule has 3 unspecified atom stereocenters. The first-order chi connectivity index (χ1) is 7.02. The Labute approximate surface area is 89.0 Å². The first-order valence-corrected chi connectivity index (χ1v) is 5.17. The number of rotatable bonds is 2. The van der Waals surface area contributed by atoms with E-state index >= 15 is 0 Å². The van der Waals surface area contributed by atoms with Gasteiger partial charge in [0.1, 0.15) is 11.7 Å². The van der Waals surface area contributed by atoms with E-state index in [2.05, 4.69) is 4.74 Å². The second-order valence-electron chi connectivity index (χ2n) is 4.01. The summed E-state index contributed by atoms with van der Waals surface area (Å²) in [4.78, 5) is 34.8. The zero-order valence-corrected chi connectivity index (χ0v) is 9.28. The molecule has 0 N–H and O–H groups in total. The van der Waals surface area contributed by atoms with Crippen LogP contribution in [0.15, 0.2) is 0 Å². The van der Waals surface area contributed by atoms with Gasteiger partial charge < -0.3 is 4.74 Å². The molecule has 0 aromatic heterocycles. The first kappa shape index (κ1) is 11.9. The summed E-state index contributed by atoms with van der Waals surface area (Å²) >= 11 is 0. The zero-order valence-electron chi connectivity index (χ0n) is 9.28. The number of ketones is 2.